The molecule has 2 aromatic heterocycles. The smallest absolute Gasteiger partial charge is 0.137 e. The second-order valence-electron chi connectivity index (χ2n) is 5.05. The zero-order valence-electron chi connectivity index (χ0n) is 10.3. The van der Waals surface area contributed by atoms with Gasteiger partial charge in [0.2, 0.25) is 0 Å². The summed E-state index contributed by atoms with van der Waals surface area (Å²) in [5, 5.41) is 4.97. The Morgan fingerprint density at radius 2 is 2.35 bits per heavy atom. The Balaban J connectivity index is 1.77. The van der Waals surface area contributed by atoms with E-state index in [4.69, 9.17) is 0 Å². The van der Waals surface area contributed by atoms with Gasteiger partial charge >= 0.3 is 0 Å². The van der Waals surface area contributed by atoms with Gasteiger partial charge in [-0.25, -0.2) is 4.98 Å². The van der Waals surface area contributed by atoms with Gasteiger partial charge in [0.25, 0.3) is 0 Å². The van der Waals surface area contributed by atoms with Crippen LogP contribution in [-0.4, -0.2) is 15.5 Å². The highest BCUT2D eigenvalue weighted by Gasteiger charge is 2.34. The van der Waals surface area contributed by atoms with Crippen LogP contribution in [0.15, 0.2) is 24.5 Å². The van der Waals surface area contributed by atoms with E-state index in [1.165, 1.54) is 36.6 Å². The summed E-state index contributed by atoms with van der Waals surface area (Å²) < 4.78 is 0. The number of rotatable bonds is 4. The van der Waals surface area contributed by atoms with E-state index in [0.29, 0.717) is 5.54 Å². The van der Waals surface area contributed by atoms with Crippen LogP contribution in [-0.2, 0) is 6.54 Å². The molecule has 2 aromatic rings. The van der Waals surface area contributed by atoms with Gasteiger partial charge in [-0.1, -0.05) is 6.92 Å². The van der Waals surface area contributed by atoms with Gasteiger partial charge in [0, 0.05) is 29.9 Å². The Bertz CT molecular complexity index is 505. The van der Waals surface area contributed by atoms with Crippen LogP contribution >= 0.6 is 0 Å². The van der Waals surface area contributed by atoms with Gasteiger partial charge in [-0.05, 0) is 43.4 Å². The highest BCUT2D eigenvalue weighted by Crippen LogP contribution is 2.35. The van der Waals surface area contributed by atoms with Crippen molar-refractivity contribution in [2.24, 2.45) is 0 Å². The lowest BCUT2D eigenvalue weighted by Crippen LogP contribution is -2.49. The standard InChI is InChI=1S/C14H19N3/c1-2-14(6-4-7-14)17-10-11-9-16-13-12(11)5-3-8-15-13/h3,5,8-9,17H,2,4,6-7,10H2,1H3,(H,15,16). The molecule has 1 aliphatic carbocycles. The molecule has 0 saturated heterocycles. The minimum Gasteiger partial charge on any atom is -0.346 e. The molecule has 0 aromatic carbocycles. The van der Waals surface area contributed by atoms with Crippen LogP contribution in [0.4, 0.5) is 0 Å². The van der Waals surface area contributed by atoms with Crippen molar-refractivity contribution in [2.45, 2.75) is 44.7 Å². The van der Waals surface area contributed by atoms with Gasteiger partial charge in [-0.2, -0.15) is 0 Å². The molecule has 0 radical (unpaired) electrons. The van der Waals surface area contributed by atoms with Crippen LogP contribution in [0.3, 0.4) is 0 Å². The van der Waals surface area contributed by atoms with Crippen LogP contribution in [0.5, 0.6) is 0 Å². The number of hydrogen-bond donors (Lipinski definition) is 2. The molecular formula is C14H19N3. The first-order chi connectivity index (χ1) is 8.33. The van der Waals surface area contributed by atoms with Gasteiger partial charge in [0.1, 0.15) is 5.65 Å². The molecule has 0 unspecified atom stereocenters. The fourth-order valence-electron chi connectivity index (χ4n) is 2.70. The summed E-state index contributed by atoms with van der Waals surface area (Å²) >= 11 is 0. The van der Waals surface area contributed by atoms with Crippen LogP contribution < -0.4 is 5.32 Å². The summed E-state index contributed by atoms with van der Waals surface area (Å²) in [5.41, 5.74) is 2.72. The van der Waals surface area contributed by atoms with Crippen molar-refractivity contribution in [3.63, 3.8) is 0 Å². The molecule has 2 heterocycles. The Hall–Kier alpha value is -1.35. The first-order valence-corrected chi connectivity index (χ1v) is 6.49. The molecule has 90 valence electrons. The van der Waals surface area contributed by atoms with Crippen molar-refractivity contribution in [1.82, 2.24) is 15.3 Å². The maximum Gasteiger partial charge on any atom is 0.137 e. The number of pyridine rings is 1. The van der Waals surface area contributed by atoms with E-state index in [2.05, 4.69) is 34.5 Å². The van der Waals surface area contributed by atoms with E-state index in [1.54, 1.807) is 0 Å². The molecule has 3 nitrogen and oxygen atoms in total. The van der Waals surface area contributed by atoms with Crippen molar-refractivity contribution >= 4 is 11.0 Å². The summed E-state index contributed by atoms with van der Waals surface area (Å²) in [6.07, 6.45) is 9.15. The molecular weight excluding hydrogens is 210 g/mol. The highest BCUT2D eigenvalue weighted by atomic mass is 15.0. The van der Waals surface area contributed by atoms with Crippen molar-refractivity contribution in [1.29, 1.82) is 0 Å². The van der Waals surface area contributed by atoms with Gasteiger partial charge in [-0.3, -0.25) is 0 Å². The predicted octanol–water partition coefficient (Wildman–Crippen LogP) is 2.99. The van der Waals surface area contributed by atoms with Crippen LogP contribution in [0.1, 0.15) is 38.2 Å². The molecule has 0 aliphatic heterocycles. The number of hydrogen-bond acceptors (Lipinski definition) is 2. The van der Waals surface area contributed by atoms with Crippen LogP contribution in [0, 0.1) is 0 Å². The Morgan fingerprint density at radius 3 is 3.06 bits per heavy atom. The number of aromatic amines is 1. The van der Waals surface area contributed by atoms with Crippen LogP contribution in [0.2, 0.25) is 0 Å². The lowest BCUT2D eigenvalue weighted by atomic mass is 9.75. The Labute approximate surface area is 102 Å². The van der Waals surface area contributed by atoms with E-state index >= 15 is 0 Å². The second-order valence-corrected chi connectivity index (χ2v) is 5.05. The molecule has 1 aliphatic rings. The molecule has 17 heavy (non-hydrogen) atoms. The van der Waals surface area contributed by atoms with E-state index in [-0.39, 0.29) is 0 Å². The first kappa shape index (κ1) is 10.8. The molecule has 0 atom stereocenters. The monoisotopic (exact) mass is 229 g/mol. The van der Waals surface area contributed by atoms with Gasteiger partial charge in [0.15, 0.2) is 0 Å². The summed E-state index contributed by atoms with van der Waals surface area (Å²) in [7, 11) is 0. The molecule has 0 amide bonds. The summed E-state index contributed by atoms with van der Waals surface area (Å²) in [4.78, 5) is 7.54. The minimum absolute atomic E-state index is 0.409. The number of fused-ring (bicyclic) bond motifs is 1. The lowest BCUT2D eigenvalue weighted by molar-refractivity contribution is 0.175. The lowest BCUT2D eigenvalue weighted by Gasteiger charge is -2.42. The fraction of sp³-hybridized carbons (Fsp3) is 0.500. The number of nitrogens with one attached hydrogen (secondary N) is 2. The van der Waals surface area contributed by atoms with Crippen molar-refractivity contribution in [2.75, 3.05) is 0 Å². The highest BCUT2D eigenvalue weighted by molar-refractivity contribution is 5.79. The summed E-state index contributed by atoms with van der Waals surface area (Å²) in [5.74, 6) is 0. The fourth-order valence-corrected chi connectivity index (χ4v) is 2.70. The number of nitrogens with zero attached hydrogens (tertiary/aromatic N) is 1. The molecule has 0 bridgehead atoms. The van der Waals surface area contributed by atoms with Gasteiger partial charge in [0.05, 0.1) is 0 Å². The zero-order chi connectivity index (χ0) is 11.7. The van der Waals surface area contributed by atoms with E-state index in [9.17, 15) is 0 Å². The van der Waals surface area contributed by atoms with Crippen molar-refractivity contribution < 1.29 is 0 Å². The third-order valence-corrected chi connectivity index (χ3v) is 4.18. The van der Waals surface area contributed by atoms with Crippen molar-refractivity contribution in [3.05, 3.63) is 30.1 Å². The maximum atomic E-state index is 4.32. The average molecular weight is 229 g/mol. The predicted molar refractivity (Wildman–Crippen MR) is 69.8 cm³/mol. The van der Waals surface area contributed by atoms with E-state index in [1.807, 2.05) is 12.3 Å². The molecule has 0 spiro atoms. The topological polar surface area (TPSA) is 40.7 Å². The summed E-state index contributed by atoms with van der Waals surface area (Å²) in [6.45, 7) is 3.22. The minimum atomic E-state index is 0.409. The molecule has 3 rings (SSSR count). The third-order valence-electron chi connectivity index (χ3n) is 4.18. The first-order valence-electron chi connectivity index (χ1n) is 6.49. The zero-order valence-corrected chi connectivity index (χ0v) is 10.3. The molecule has 1 saturated carbocycles. The second kappa shape index (κ2) is 4.15. The number of H-pyrrole nitrogens is 1. The Morgan fingerprint density at radius 1 is 1.47 bits per heavy atom. The quantitative estimate of drug-likeness (QED) is 0.846. The SMILES string of the molecule is CCC1(NCc2c[nH]c3ncccc23)CCC1. The van der Waals surface area contributed by atoms with Gasteiger partial charge in [-0.15, -0.1) is 0 Å². The normalized spacial score (nSPS) is 18.2. The largest absolute Gasteiger partial charge is 0.346 e. The van der Waals surface area contributed by atoms with Gasteiger partial charge < -0.3 is 10.3 Å². The summed E-state index contributed by atoms with van der Waals surface area (Å²) in [6, 6.07) is 4.13. The van der Waals surface area contributed by atoms with Crippen LogP contribution in [0.25, 0.3) is 11.0 Å². The van der Waals surface area contributed by atoms with Crippen molar-refractivity contribution in [3.8, 4) is 0 Å². The maximum absolute atomic E-state index is 4.32. The van der Waals surface area contributed by atoms with E-state index < -0.39 is 0 Å². The van der Waals surface area contributed by atoms with E-state index in [0.717, 1.165) is 12.2 Å². The Kier molecular flexibility index (Phi) is 2.63. The number of aromatic nitrogens is 2. The molecule has 1 fully saturated rings. The third kappa shape index (κ3) is 1.84. The molecule has 3 heteroatoms. The average Bonchev–Trinajstić information content (AvgIpc) is 2.72. The molecule has 2 N–H and O–H groups in total.